The molecule has 0 saturated heterocycles. The van der Waals surface area contributed by atoms with E-state index in [1.807, 2.05) is 6.07 Å². The summed E-state index contributed by atoms with van der Waals surface area (Å²) in [6.07, 6.45) is 0. The van der Waals surface area contributed by atoms with E-state index in [2.05, 4.69) is 15.7 Å². The van der Waals surface area contributed by atoms with Crippen LogP contribution in [0.2, 0.25) is 0 Å². The van der Waals surface area contributed by atoms with E-state index in [0.29, 0.717) is 30.0 Å². The van der Waals surface area contributed by atoms with Gasteiger partial charge in [0.15, 0.2) is 5.82 Å². The summed E-state index contributed by atoms with van der Waals surface area (Å²) in [7, 11) is 0. The van der Waals surface area contributed by atoms with Gasteiger partial charge in [0, 0.05) is 29.8 Å². The number of halogens is 1. The fraction of sp³-hybridized carbons (Fsp3) is 0.105. The molecule has 0 atom stereocenters. The summed E-state index contributed by atoms with van der Waals surface area (Å²) in [5.74, 6) is -0.739. The Labute approximate surface area is 148 Å². The van der Waals surface area contributed by atoms with Crippen molar-refractivity contribution in [1.82, 2.24) is 15.1 Å². The Morgan fingerprint density at radius 3 is 2.46 bits per heavy atom. The molecule has 0 bridgehead atoms. The summed E-state index contributed by atoms with van der Waals surface area (Å²) in [5.41, 5.74) is 2.34. The number of anilines is 1. The van der Waals surface area contributed by atoms with Crippen molar-refractivity contribution in [3.05, 3.63) is 82.8 Å². The van der Waals surface area contributed by atoms with E-state index in [4.69, 9.17) is 0 Å². The van der Waals surface area contributed by atoms with Crippen LogP contribution < -0.4 is 10.6 Å². The van der Waals surface area contributed by atoms with Crippen molar-refractivity contribution < 1.29 is 14.0 Å². The van der Waals surface area contributed by atoms with Crippen molar-refractivity contribution in [2.75, 3.05) is 5.32 Å². The normalized spacial score (nSPS) is 12.7. The van der Waals surface area contributed by atoms with E-state index < -0.39 is 11.7 Å². The molecule has 1 aliphatic rings. The van der Waals surface area contributed by atoms with Crippen molar-refractivity contribution >= 4 is 17.6 Å². The minimum absolute atomic E-state index is 0.257. The molecule has 1 aromatic heterocycles. The van der Waals surface area contributed by atoms with Gasteiger partial charge in [0.25, 0.3) is 11.8 Å². The number of nitrogens with zero attached hydrogens (tertiary/aromatic N) is 2. The number of aromatic nitrogens is 2. The lowest BCUT2D eigenvalue weighted by atomic mass is 10.2. The van der Waals surface area contributed by atoms with Gasteiger partial charge in [-0.2, -0.15) is 4.68 Å². The van der Waals surface area contributed by atoms with Crippen molar-refractivity contribution in [3.63, 3.8) is 0 Å². The van der Waals surface area contributed by atoms with E-state index in [0.717, 1.165) is 11.3 Å². The monoisotopic (exact) mass is 350 g/mol. The number of carbonyl (C=O) groups excluding carboxylic acids is 2. The first-order valence-electron chi connectivity index (χ1n) is 8.11. The first-order valence-corrected chi connectivity index (χ1v) is 8.11. The number of fused-ring (bicyclic) bond motifs is 1. The molecule has 2 N–H and O–H groups in total. The molecule has 1 aliphatic heterocycles. The van der Waals surface area contributed by atoms with Crippen molar-refractivity contribution in [1.29, 1.82) is 0 Å². The van der Waals surface area contributed by atoms with Crippen molar-refractivity contribution in [2.45, 2.75) is 13.1 Å². The lowest BCUT2D eigenvalue weighted by Gasteiger charge is -2.05. The van der Waals surface area contributed by atoms with Crippen LogP contribution in [0.5, 0.6) is 0 Å². The number of amides is 1. The zero-order valence-corrected chi connectivity index (χ0v) is 13.7. The van der Waals surface area contributed by atoms with Crippen molar-refractivity contribution in [2.24, 2.45) is 0 Å². The second-order valence-corrected chi connectivity index (χ2v) is 5.92. The zero-order chi connectivity index (χ0) is 18.1. The predicted molar refractivity (Wildman–Crippen MR) is 93.3 cm³/mol. The molecule has 0 unspecified atom stereocenters. The van der Waals surface area contributed by atoms with Crippen LogP contribution >= 0.6 is 0 Å². The van der Waals surface area contributed by atoms with Gasteiger partial charge in [-0.1, -0.05) is 18.2 Å². The SMILES string of the molecule is O=C(Nc1nn(C(=O)c2ccccc2)c2c1CNC2)c1ccc(F)cc1. The van der Waals surface area contributed by atoms with Gasteiger partial charge in [0.2, 0.25) is 0 Å². The van der Waals surface area contributed by atoms with Crippen molar-refractivity contribution in [3.8, 4) is 0 Å². The molecule has 2 heterocycles. The first-order chi connectivity index (χ1) is 12.6. The Hall–Kier alpha value is -3.32. The fourth-order valence-electron chi connectivity index (χ4n) is 2.91. The van der Waals surface area contributed by atoms with Crippen LogP contribution in [0.15, 0.2) is 54.6 Å². The zero-order valence-electron chi connectivity index (χ0n) is 13.7. The smallest absolute Gasteiger partial charge is 0.278 e. The van der Waals surface area contributed by atoms with Crippen LogP contribution in [0.3, 0.4) is 0 Å². The Morgan fingerprint density at radius 1 is 1.00 bits per heavy atom. The largest absolute Gasteiger partial charge is 0.307 e. The van der Waals surface area contributed by atoms with Gasteiger partial charge in [-0.25, -0.2) is 4.39 Å². The number of nitrogens with one attached hydrogen (secondary N) is 2. The van der Waals surface area contributed by atoms with E-state index in [1.54, 1.807) is 24.3 Å². The van der Waals surface area contributed by atoms with Gasteiger partial charge >= 0.3 is 0 Å². The lowest BCUT2D eigenvalue weighted by molar-refractivity contribution is 0.0939. The van der Waals surface area contributed by atoms with Crippen LogP contribution in [-0.4, -0.2) is 21.6 Å². The van der Waals surface area contributed by atoms with Gasteiger partial charge in [0.05, 0.1) is 5.69 Å². The minimum atomic E-state index is -0.413. The summed E-state index contributed by atoms with van der Waals surface area (Å²) < 4.78 is 14.3. The summed E-state index contributed by atoms with van der Waals surface area (Å²) in [4.78, 5) is 25.1. The van der Waals surface area contributed by atoms with E-state index in [1.165, 1.54) is 28.9 Å². The molecule has 0 spiro atoms. The van der Waals surface area contributed by atoms with Gasteiger partial charge < -0.3 is 10.6 Å². The summed E-state index contributed by atoms with van der Waals surface area (Å²) in [6.45, 7) is 1.00. The van der Waals surface area contributed by atoms with Gasteiger partial charge in [-0.05, 0) is 36.4 Å². The topological polar surface area (TPSA) is 76.0 Å². The van der Waals surface area contributed by atoms with E-state index in [-0.39, 0.29) is 5.91 Å². The highest BCUT2D eigenvalue weighted by molar-refractivity contribution is 6.04. The maximum atomic E-state index is 13.0. The lowest BCUT2D eigenvalue weighted by Crippen LogP contribution is -2.19. The number of hydrogen-bond donors (Lipinski definition) is 2. The molecule has 130 valence electrons. The molecular formula is C19H15FN4O2. The van der Waals surface area contributed by atoms with Crippen LogP contribution in [0.25, 0.3) is 0 Å². The van der Waals surface area contributed by atoms with Gasteiger partial charge in [-0.15, -0.1) is 5.10 Å². The number of hydrogen-bond acceptors (Lipinski definition) is 4. The number of carbonyl (C=O) groups is 2. The molecule has 0 fully saturated rings. The minimum Gasteiger partial charge on any atom is -0.307 e. The Morgan fingerprint density at radius 2 is 1.73 bits per heavy atom. The fourth-order valence-corrected chi connectivity index (χ4v) is 2.91. The highest BCUT2D eigenvalue weighted by Gasteiger charge is 2.26. The predicted octanol–water partition coefficient (Wildman–Crippen LogP) is 2.57. The molecule has 0 aliphatic carbocycles. The Balaban J connectivity index is 1.65. The average Bonchev–Trinajstić information content (AvgIpc) is 3.26. The number of rotatable bonds is 3. The summed E-state index contributed by atoms with van der Waals surface area (Å²) in [6, 6.07) is 14.1. The van der Waals surface area contributed by atoms with E-state index in [9.17, 15) is 14.0 Å². The van der Waals surface area contributed by atoms with Crippen LogP contribution in [0, 0.1) is 5.82 Å². The molecule has 6 nitrogen and oxygen atoms in total. The highest BCUT2D eigenvalue weighted by Crippen LogP contribution is 2.25. The summed E-state index contributed by atoms with van der Waals surface area (Å²) in [5, 5.41) is 10.2. The van der Waals surface area contributed by atoms with Crippen LogP contribution in [0.4, 0.5) is 10.2 Å². The molecule has 0 radical (unpaired) electrons. The standard InChI is InChI=1S/C19H15FN4O2/c20-14-8-6-12(7-9-14)18(25)22-17-15-10-21-11-16(15)24(23-17)19(26)13-4-2-1-3-5-13/h1-9,21H,10-11H2,(H,22,23,25). The van der Waals surface area contributed by atoms with E-state index >= 15 is 0 Å². The van der Waals surface area contributed by atoms with Crippen LogP contribution in [0.1, 0.15) is 32.0 Å². The van der Waals surface area contributed by atoms with Gasteiger partial charge in [0.1, 0.15) is 5.82 Å². The molecule has 0 saturated carbocycles. The quantitative estimate of drug-likeness (QED) is 0.761. The first kappa shape index (κ1) is 16.2. The third-order valence-electron chi connectivity index (χ3n) is 4.24. The number of benzene rings is 2. The van der Waals surface area contributed by atoms with Gasteiger partial charge in [-0.3, -0.25) is 9.59 Å². The summed E-state index contributed by atoms with van der Waals surface area (Å²) >= 11 is 0. The molecular weight excluding hydrogens is 335 g/mol. The third kappa shape index (κ3) is 2.89. The Kier molecular flexibility index (Phi) is 4.06. The second kappa shape index (κ2) is 6.53. The second-order valence-electron chi connectivity index (χ2n) is 5.92. The molecule has 26 heavy (non-hydrogen) atoms. The maximum absolute atomic E-state index is 13.0. The molecule has 7 heteroatoms. The average molecular weight is 350 g/mol. The molecule has 4 rings (SSSR count). The highest BCUT2D eigenvalue weighted by atomic mass is 19.1. The molecule has 2 aromatic carbocycles. The maximum Gasteiger partial charge on any atom is 0.278 e. The third-order valence-corrected chi connectivity index (χ3v) is 4.24. The Bertz CT molecular complexity index is 981. The molecule has 3 aromatic rings. The van der Waals surface area contributed by atoms with Crippen LogP contribution in [-0.2, 0) is 13.1 Å². The molecule has 1 amide bonds.